The average Bonchev–Trinajstić information content (AvgIpc) is 3.09. The lowest BCUT2D eigenvalue weighted by molar-refractivity contribution is 1.63. The van der Waals surface area contributed by atoms with E-state index in [1.807, 2.05) is 0 Å². The molecule has 0 fully saturated rings. The summed E-state index contributed by atoms with van der Waals surface area (Å²) < 4.78 is 0. The first kappa shape index (κ1) is 24.8. The Morgan fingerprint density at radius 1 is 0.227 bits per heavy atom. The molecule has 0 saturated carbocycles. The second-order valence-corrected chi connectivity index (χ2v) is 11.7. The van der Waals surface area contributed by atoms with Crippen LogP contribution in [0.15, 0.2) is 170 Å². The Morgan fingerprint density at radius 2 is 0.750 bits per heavy atom. The first-order valence-corrected chi connectivity index (χ1v) is 15.3. The zero-order chi connectivity index (χ0) is 29.0. The van der Waals surface area contributed by atoms with Crippen molar-refractivity contribution in [2.75, 3.05) is 0 Å². The Bertz CT molecular complexity index is 2550. The first-order chi connectivity index (χ1) is 21.8. The van der Waals surface area contributed by atoms with Gasteiger partial charge in [-0.1, -0.05) is 140 Å². The molecule has 0 nitrogen and oxygen atoms in total. The summed E-state index contributed by atoms with van der Waals surface area (Å²) in [6, 6.07) is 62.5. The molecular formula is C44H28. The normalized spacial score (nSPS) is 11.6. The lowest BCUT2D eigenvalue weighted by Gasteiger charge is -2.19. The molecule has 9 rings (SSSR count). The van der Waals surface area contributed by atoms with Crippen LogP contribution < -0.4 is 0 Å². The van der Waals surface area contributed by atoms with E-state index in [2.05, 4.69) is 170 Å². The Hall–Kier alpha value is -5.72. The molecule has 0 saturated heterocycles. The zero-order valence-electron chi connectivity index (χ0n) is 24.2. The molecule has 0 unspecified atom stereocenters. The van der Waals surface area contributed by atoms with Gasteiger partial charge in [0, 0.05) is 0 Å². The SMILES string of the molecule is c1ccc2cc(-c3cc4cc5ccccc5c(-c5cccc6ccccc56)c4cc3-c3ccc4ccccc4c3)ccc2c1. The Kier molecular flexibility index (Phi) is 5.61. The maximum atomic E-state index is 2.45. The van der Waals surface area contributed by atoms with Gasteiger partial charge in [0.15, 0.2) is 0 Å². The summed E-state index contributed by atoms with van der Waals surface area (Å²) in [5, 5.41) is 12.6. The van der Waals surface area contributed by atoms with E-state index in [-0.39, 0.29) is 0 Å². The van der Waals surface area contributed by atoms with Crippen LogP contribution >= 0.6 is 0 Å². The van der Waals surface area contributed by atoms with Crippen molar-refractivity contribution in [2.24, 2.45) is 0 Å². The van der Waals surface area contributed by atoms with Gasteiger partial charge in [-0.15, -0.1) is 0 Å². The number of fused-ring (bicyclic) bond motifs is 5. The van der Waals surface area contributed by atoms with Crippen LogP contribution in [0.4, 0.5) is 0 Å². The minimum Gasteiger partial charge on any atom is -0.0616 e. The molecule has 0 heterocycles. The van der Waals surface area contributed by atoms with Crippen LogP contribution in [0.1, 0.15) is 0 Å². The summed E-state index contributed by atoms with van der Waals surface area (Å²) in [6.45, 7) is 0. The van der Waals surface area contributed by atoms with Crippen LogP contribution in [0, 0.1) is 0 Å². The van der Waals surface area contributed by atoms with E-state index in [4.69, 9.17) is 0 Å². The van der Waals surface area contributed by atoms with Gasteiger partial charge in [0.1, 0.15) is 0 Å². The highest BCUT2D eigenvalue weighted by atomic mass is 14.2. The summed E-state index contributed by atoms with van der Waals surface area (Å²) in [5.74, 6) is 0. The van der Waals surface area contributed by atoms with Gasteiger partial charge >= 0.3 is 0 Å². The van der Waals surface area contributed by atoms with E-state index in [9.17, 15) is 0 Å². The van der Waals surface area contributed by atoms with E-state index < -0.39 is 0 Å². The minimum atomic E-state index is 1.23. The van der Waals surface area contributed by atoms with Crippen molar-refractivity contribution in [1.29, 1.82) is 0 Å². The van der Waals surface area contributed by atoms with E-state index in [1.165, 1.54) is 87.2 Å². The van der Waals surface area contributed by atoms with Gasteiger partial charge in [0.05, 0.1) is 0 Å². The van der Waals surface area contributed by atoms with Crippen LogP contribution in [0.3, 0.4) is 0 Å². The van der Waals surface area contributed by atoms with Crippen LogP contribution in [-0.2, 0) is 0 Å². The topological polar surface area (TPSA) is 0 Å². The quantitative estimate of drug-likeness (QED) is 0.190. The van der Waals surface area contributed by atoms with Crippen molar-refractivity contribution in [1.82, 2.24) is 0 Å². The number of hydrogen-bond acceptors (Lipinski definition) is 0. The monoisotopic (exact) mass is 556 g/mol. The van der Waals surface area contributed by atoms with E-state index in [1.54, 1.807) is 0 Å². The van der Waals surface area contributed by atoms with Gasteiger partial charge in [-0.25, -0.2) is 0 Å². The lowest BCUT2D eigenvalue weighted by Crippen LogP contribution is -1.92. The fraction of sp³-hybridized carbons (Fsp3) is 0. The maximum absolute atomic E-state index is 2.45. The summed E-state index contributed by atoms with van der Waals surface area (Å²) >= 11 is 0. The smallest absolute Gasteiger partial charge is 0.00204 e. The van der Waals surface area contributed by atoms with E-state index in [0.29, 0.717) is 0 Å². The molecule has 0 aliphatic carbocycles. The molecule has 0 aromatic heterocycles. The molecule has 0 amide bonds. The fourth-order valence-corrected chi connectivity index (χ4v) is 7.04. The zero-order valence-corrected chi connectivity index (χ0v) is 24.2. The summed E-state index contributed by atoms with van der Waals surface area (Å²) in [6.07, 6.45) is 0. The van der Waals surface area contributed by atoms with Crippen LogP contribution in [-0.4, -0.2) is 0 Å². The molecule has 0 radical (unpaired) electrons. The Labute approximate surface area is 256 Å². The number of rotatable bonds is 3. The van der Waals surface area contributed by atoms with Gasteiger partial charge in [0.25, 0.3) is 0 Å². The molecule has 0 spiro atoms. The lowest BCUT2D eigenvalue weighted by atomic mass is 9.85. The highest BCUT2D eigenvalue weighted by Crippen LogP contribution is 2.44. The molecule has 44 heavy (non-hydrogen) atoms. The maximum Gasteiger partial charge on any atom is -0.00204 e. The number of benzene rings is 9. The van der Waals surface area contributed by atoms with Gasteiger partial charge in [-0.2, -0.15) is 0 Å². The van der Waals surface area contributed by atoms with Crippen molar-refractivity contribution in [3.8, 4) is 33.4 Å². The fourth-order valence-electron chi connectivity index (χ4n) is 7.04. The summed E-state index contributed by atoms with van der Waals surface area (Å²) in [4.78, 5) is 0. The van der Waals surface area contributed by atoms with Crippen molar-refractivity contribution in [2.45, 2.75) is 0 Å². The van der Waals surface area contributed by atoms with E-state index >= 15 is 0 Å². The van der Waals surface area contributed by atoms with E-state index in [0.717, 1.165) is 0 Å². The third-order valence-electron chi connectivity index (χ3n) is 9.18. The molecular weight excluding hydrogens is 528 g/mol. The van der Waals surface area contributed by atoms with Crippen molar-refractivity contribution < 1.29 is 0 Å². The minimum absolute atomic E-state index is 1.23. The molecule has 0 N–H and O–H groups in total. The van der Waals surface area contributed by atoms with Crippen molar-refractivity contribution in [3.63, 3.8) is 0 Å². The predicted octanol–water partition coefficient (Wildman–Crippen LogP) is 12.5. The molecule has 0 bridgehead atoms. The third kappa shape index (κ3) is 4.00. The first-order valence-electron chi connectivity index (χ1n) is 15.3. The Balaban J connectivity index is 1.42. The van der Waals surface area contributed by atoms with Crippen LogP contribution in [0.25, 0.3) is 87.2 Å². The summed E-state index contributed by atoms with van der Waals surface area (Å²) in [7, 11) is 0. The molecule has 204 valence electrons. The van der Waals surface area contributed by atoms with Crippen LogP contribution in [0.2, 0.25) is 0 Å². The van der Waals surface area contributed by atoms with Gasteiger partial charge < -0.3 is 0 Å². The summed E-state index contributed by atoms with van der Waals surface area (Å²) in [5.41, 5.74) is 7.52. The molecule has 0 aliphatic rings. The second-order valence-electron chi connectivity index (χ2n) is 11.7. The number of hydrogen-bond donors (Lipinski definition) is 0. The molecule has 9 aromatic rings. The van der Waals surface area contributed by atoms with Crippen molar-refractivity contribution >= 4 is 53.9 Å². The highest BCUT2D eigenvalue weighted by Gasteiger charge is 2.17. The van der Waals surface area contributed by atoms with Gasteiger partial charge in [0.2, 0.25) is 0 Å². The molecule has 0 atom stereocenters. The molecule has 0 heteroatoms. The van der Waals surface area contributed by atoms with Crippen LogP contribution in [0.5, 0.6) is 0 Å². The Morgan fingerprint density at radius 3 is 1.43 bits per heavy atom. The molecule has 9 aromatic carbocycles. The van der Waals surface area contributed by atoms with Gasteiger partial charge in [-0.05, 0) is 118 Å². The second kappa shape index (κ2) is 9.93. The average molecular weight is 557 g/mol. The largest absolute Gasteiger partial charge is 0.0616 e. The standard InChI is InChI=1S/C44H28/c1-3-13-32-24-35(22-20-29(32)10-1)41-27-37-26-34-15-6-8-18-39(34)44(40-19-9-16-31-12-5-7-17-38(31)40)43(37)28-42(41)36-23-21-30-11-2-4-14-33(30)25-36/h1-28H. The highest BCUT2D eigenvalue weighted by molar-refractivity contribution is 6.18. The third-order valence-corrected chi connectivity index (χ3v) is 9.18. The van der Waals surface area contributed by atoms with Crippen molar-refractivity contribution in [3.05, 3.63) is 170 Å². The van der Waals surface area contributed by atoms with Gasteiger partial charge in [-0.3, -0.25) is 0 Å². The predicted molar refractivity (Wildman–Crippen MR) is 190 cm³/mol. The molecule has 0 aliphatic heterocycles.